The molecule has 1 heterocycles. The molecule has 0 bridgehead atoms. The molecule has 0 saturated carbocycles. The predicted octanol–water partition coefficient (Wildman–Crippen LogP) is 2.95. The topological polar surface area (TPSA) is 29.9 Å². The van der Waals surface area contributed by atoms with Gasteiger partial charge in [-0.15, -0.1) is 11.6 Å². The summed E-state index contributed by atoms with van der Waals surface area (Å²) >= 11 is 5.68. The number of alkyl halides is 1. The van der Waals surface area contributed by atoms with Crippen molar-refractivity contribution in [1.29, 1.82) is 0 Å². The Bertz CT molecular complexity index is 448. The molecule has 3 nitrogen and oxygen atoms in total. The SMILES string of the molecule is Cn1ccnc1Nc1ccc(CCCl)cc1. The lowest BCUT2D eigenvalue weighted by molar-refractivity contribution is 0.924. The maximum absolute atomic E-state index is 5.68. The van der Waals surface area contributed by atoms with Crippen LogP contribution in [-0.2, 0) is 13.5 Å². The maximum Gasteiger partial charge on any atom is 0.207 e. The van der Waals surface area contributed by atoms with Gasteiger partial charge in [-0.25, -0.2) is 4.98 Å². The van der Waals surface area contributed by atoms with E-state index in [0.717, 1.165) is 18.1 Å². The predicted molar refractivity (Wildman–Crippen MR) is 67.4 cm³/mol. The van der Waals surface area contributed by atoms with E-state index in [-0.39, 0.29) is 0 Å². The van der Waals surface area contributed by atoms with E-state index in [1.54, 1.807) is 6.20 Å². The Morgan fingerprint density at radius 2 is 2.06 bits per heavy atom. The second kappa shape index (κ2) is 5.03. The van der Waals surface area contributed by atoms with Crippen molar-refractivity contribution >= 4 is 23.2 Å². The molecule has 0 unspecified atom stereocenters. The molecule has 0 amide bonds. The Balaban J connectivity index is 2.08. The molecule has 0 aliphatic heterocycles. The summed E-state index contributed by atoms with van der Waals surface area (Å²) in [7, 11) is 1.96. The molecule has 0 saturated heterocycles. The van der Waals surface area contributed by atoms with Gasteiger partial charge in [-0.2, -0.15) is 0 Å². The van der Waals surface area contributed by atoms with Crippen LogP contribution < -0.4 is 5.32 Å². The second-order valence-corrected chi connectivity index (χ2v) is 4.00. The lowest BCUT2D eigenvalue weighted by atomic mass is 10.1. The van der Waals surface area contributed by atoms with Crippen LogP contribution in [0.1, 0.15) is 5.56 Å². The summed E-state index contributed by atoms with van der Waals surface area (Å²) < 4.78 is 1.94. The van der Waals surface area contributed by atoms with Gasteiger partial charge in [-0.1, -0.05) is 12.1 Å². The van der Waals surface area contributed by atoms with Crippen LogP contribution in [0.3, 0.4) is 0 Å². The van der Waals surface area contributed by atoms with Gasteiger partial charge in [0.15, 0.2) is 0 Å². The molecular weight excluding hydrogens is 222 g/mol. The molecule has 16 heavy (non-hydrogen) atoms. The molecule has 1 aromatic heterocycles. The Morgan fingerprint density at radius 3 is 2.62 bits per heavy atom. The highest BCUT2D eigenvalue weighted by Crippen LogP contribution is 2.15. The number of imidazole rings is 1. The zero-order valence-corrected chi connectivity index (χ0v) is 9.91. The molecular formula is C12H14ClN3. The van der Waals surface area contributed by atoms with E-state index in [1.807, 2.05) is 29.9 Å². The third kappa shape index (κ3) is 2.55. The highest BCUT2D eigenvalue weighted by molar-refractivity contribution is 6.17. The average molecular weight is 236 g/mol. The first kappa shape index (κ1) is 11.0. The number of hydrogen-bond acceptors (Lipinski definition) is 2. The first-order valence-corrected chi connectivity index (χ1v) is 5.72. The van der Waals surface area contributed by atoms with Gasteiger partial charge >= 0.3 is 0 Å². The number of anilines is 2. The van der Waals surface area contributed by atoms with Crippen molar-refractivity contribution in [2.75, 3.05) is 11.2 Å². The smallest absolute Gasteiger partial charge is 0.207 e. The van der Waals surface area contributed by atoms with Crippen LogP contribution in [0.4, 0.5) is 11.6 Å². The van der Waals surface area contributed by atoms with Crippen LogP contribution in [0, 0.1) is 0 Å². The molecule has 0 radical (unpaired) electrons. The van der Waals surface area contributed by atoms with E-state index >= 15 is 0 Å². The lowest BCUT2D eigenvalue weighted by Crippen LogP contribution is -1.98. The highest BCUT2D eigenvalue weighted by Gasteiger charge is 1.99. The first-order valence-electron chi connectivity index (χ1n) is 5.19. The Morgan fingerprint density at radius 1 is 1.31 bits per heavy atom. The fourth-order valence-electron chi connectivity index (χ4n) is 1.48. The van der Waals surface area contributed by atoms with E-state index in [1.165, 1.54) is 5.56 Å². The molecule has 4 heteroatoms. The van der Waals surface area contributed by atoms with E-state index in [2.05, 4.69) is 22.4 Å². The summed E-state index contributed by atoms with van der Waals surface area (Å²) in [6, 6.07) is 8.23. The van der Waals surface area contributed by atoms with E-state index in [4.69, 9.17) is 11.6 Å². The number of benzene rings is 1. The first-order chi connectivity index (χ1) is 7.79. The largest absolute Gasteiger partial charge is 0.326 e. The third-order valence-corrected chi connectivity index (χ3v) is 2.60. The van der Waals surface area contributed by atoms with Gasteiger partial charge in [0.1, 0.15) is 0 Å². The number of nitrogens with one attached hydrogen (secondary N) is 1. The quantitative estimate of drug-likeness (QED) is 0.826. The maximum atomic E-state index is 5.68. The normalized spacial score (nSPS) is 10.4. The summed E-state index contributed by atoms with van der Waals surface area (Å²) in [4.78, 5) is 4.20. The molecule has 1 aromatic carbocycles. The second-order valence-electron chi connectivity index (χ2n) is 3.62. The average Bonchev–Trinajstić information content (AvgIpc) is 2.68. The summed E-state index contributed by atoms with van der Waals surface area (Å²) in [5.74, 6) is 1.50. The van der Waals surface area contributed by atoms with Crippen LogP contribution in [0.2, 0.25) is 0 Å². The molecule has 0 spiro atoms. The minimum atomic E-state index is 0.659. The number of nitrogens with zero attached hydrogens (tertiary/aromatic N) is 2. The van der Waals surface area contributed by atoms with Crippen LogP contribution in [0.5, 0.6) is 0 Å². The van der Waals surface area contributed by atoms with Gasteiger partial charge in [0, 0.05) is 31.0 Å². The molecule has 84 valence electrons. The van der Waals surface area contributed by atoms with Gasteiger partial charge < -0.3 is 9.88 Å². The van der Waals surface area contributed by atoms with Crippen LogP contribution in [0.15, 0.2) is 36.7 Å². The van der Waals surface area contributed by atoms with Crippen molar-refractivity contribution in [1.82, 2.24) is 9.55 Å². The summed E-state index contributed by atoms with van der Waals surface area (Å²) in [5.41, 5.74) is 2.29. The summed E-state index contributed by atoms with van der Waals surface area (Å²) in [6.45, 7) is 0. The molecule has 2 rings (SSSR count). The van der Waals surface area contributed by atoms with Gasteiger partial charge in [0.25, 0.3) is 0 Å². The number of hydrogen-bond donors (Lipinski definition) is 1. The van der Waals surface area contributed by atoms with Gasteiger partial charge in [-0.05, 0) is 24.1 Å². The summed E-state index contributed by atoms with van der Waals surface area (Å²) in [5, 5.41) is 3.24. The fraction of sp³-hybridized carbons (Fsp3) is 0.250. The highest BCUT2D eigenvalue weighted by atomic mass is 35.5. The number of aryl methyl sites for hydroxylation is 2. The number of halogens is 1. The van der Waals surface area contributed by atoms with Crippen molar-refractivity contribution in [3.8, 4) is 0 Å². The van der Waals surface area contributed by atoms with Crippen molar-refractivity contribution in [2.24, 2.45) is 7.05 Å². The third-order valence-electron chi connectivity index (χ3n) is 2.41. The molecule has 0 atom stereocenters. The fourth-order valence-corrected chi connectivity index (χ4v) is 1.70. The van der Waals surface area contributed by atoms with Crippen LogP contribution in [-0.4, -0.2) is 15.4 Å². The minimum absolute atomic E-state index is 0.659. The van der Waals surface area contributed by atoms with E-state index in [0.29, 0.717) is 5.88 Å². The molecule has 1 N–H and O–H groups in total. The summed E-state index contributed by atoms with van der Waals surface area (Å²) in [6.07, 6.45) is 4.58. The molecule has 2 aromatic rings. The van der Waals surface area contributed by atoms with Gasteiger partial charge in [0.2, 0.25) is 5.95 Å². The number of rotatable bonds is 4. The van der Waals surface area contributed by atoms with Crippen molar-refractivity contribution < 1.29 is 0 Å². The van der Waals surface area contributed by atoms with Crippen LogP contribution in [0.25, 0.3) is 0 Å². The van der Waals surface area contributed by atoms with E-state index in [9.17, 15) is 0 Å². The zero-order chi connectivity index (χ0) is 11.4. The molecule has 0 aliphatic rings. The molecule has 0 fully saturated rings. The monoisotopic (exact) mass is 235 g/mol. The van der Waals surface area contributed by atoms with Crippen LogP contribution >= 0.6 is 11.6 Å². The number of aromatic nitrogens is 2. The van der Waals surface area contributed by atoms with Crippen molar-refractivity contribution in [3.63, 3.8) is 0 Å². The van der Waals surface area contributed by atoms with Crippen molar-refractivity contribution in [3.05, 3.63) is 42.2 Å². The minimum Gasteiger partial charge on any atom is -0.326 e. The van der Waals surface area contributed by atoms with Gasteiger partial charge in [0.05, 0.1) is 0 Å². The molecule has 0 aliphatic carbocycles. The lowest BCUT2D eigenvalue weighted by Gasteiger charge is -2.06. The van der Waals surface area contributed by atoms with Crippen molar-refractivity contribution in [2.45, 2.75) is 6.42 Å². The zero-order valence-electron chi connectivity index (χ0n) is 9.15. The Hall–Kier alpha value is -1.48. The standard InChI is InChI=1S/C12H14ClN3/c1-16-9-8-14-12(16)15-11-4-2-10(3-5-11)6-7-13/h2-5,8-9H,6-7H2,1H3,(H,14,15). The van der Waals surface area contributed by atoms with E-state index < -0.39 is 0 Å². The Kier molecular flexibility index (Phi) is 3.47. The van der Waals surface area contributed by atoms with Gasteiger partial charge in [-0.3, -0.25) is 0 Å². The Labute approximate surface area is 100 Å².